The van der Waals surface area contributed by atoms with E-state index in [-0.39, 0.29) is 5.92 Å². The van der Waals surface area contributed by atoms with Gasteiger partial charge in [0.1, 0.15) is 0 Å². The van der Waals surface area contributed by atoms with Crippen LogP contribution in [0, 0.1) is 0 Å². The second-order valence-electron chi connectivity index (χ2n) is 16.0. The lowest BCUT2D eigenvalue weighted by Gasteiger charge is -2.20. The van der Waals surface area contributed by atoms with Crippen LogP contribution in [-0.2, 0) is 0 Å². The second kappa shape index (κ2) is 13.4. The molecule has 1 aliphatic carbocycles. The van der Waals surface area contributed by atoms with Crippen LogP contribution in [0.25, 0.3) is 103 Å². The van der Waals surface area contributed by atoms with Gasteiger partial charge in [0.15, 0.2) is 5.82 Å². The van der Waals surface area contributed by atoms with Gasteiger partial charge in [0.05, 0.1) is 16.7 Å². The largest absolute Gasteiger partial charge is 0.309 e. The van der Waals surface area contributed by atoms with E-state index >= 15 is 0 Å². The molecule has 0 saturated heterocycles. The third-order valence-corrected chi connectivity index (χ3v) is 13.9. The molecule has 3 heterocycles. The Labute approximate surface area is 356 Å². The normalized spacial score (nSPS) is 13.4. The molecule has 0 bridgehead atoms. The summed E-state index contributed by atoms with van der Waals surface area (Å²) in [5.74, 6) is 0.636. The number of nitrogens with zero attached hydrogens (tertiary/aromatic N) is 3. The van der Waals surface area contributed by atoms with E-state index in [1.54, 1.807) is 0 Å². The number of aromatic nitrogens is 3. The second-order valence-corrected chi connectivity index (χ2v) is 17.1. The molecule has 0 saturated carbocycles. The maximum absolute atomic E-state index is 5.42. The fourth-order valence-corrected chi connectivity index (χ4v) is 11.4. The van der Waals surface area contributed by atoms with Crippen molar-refractivity contribution < 1.29 is 0 Å². The Morgan fingerprint density at radius 1 is 0.459 bits per heavy atom. The Kier molecular flexibility index (Phi) is 7.54. The number of fused-ring (bicyclic) bond motifs is 13. The minimum atomic E-state index is -0.0921. The number of hydrogen-bond acceptors (Lipinski definition) is 3. The van der Waals surface area contributed by atoms with Crippen LogP contribution in [0.5, 0.6) is 0 Å². The van der Waals surface area contributed by atoms with Gasteiger partial charge in [0.2, 0.25) is 0 Å². The number of para-hydroxylation sites is 2. The molecule has 4 heteroatoms. The fraction of sp³-hybridized carbons (Fsp3) is 0.0175. The summed E-state index contributed by atoms with van der Waals surface area (Å²) in [6, 6.07) is 72.6. The summed E-state index contributed by atoms with van der Waals surface area (Å²) < 4.78 is 5.02. The zero-order chi connectivity index (χ0) is 40.0. The molecule has 1 aliphatic rings. The molecule has 1 unspecified atom stereocenters. The monoisotopic (exact) mass is 793 g/mol. The van der Waals surface area contributed by atoms with E-state index in [9.17, 15) is 0 Å². The van der Waals surface area contributed by atoms with Gasteiger partial charge in [-0.3, -0.25) is 0 Å². The predicted octanol–water partition coefficient (Wildman–Crippen LogP) is 15.3. The lowest BCUT2D eigenvalue weighted by Crippen LogP contribution is -2.06. The molecule has 61 heavy (non-hydrogen) atoms. The zero-order valence-electron chi connectivity index (χ0n) is 33.0. The van der Waals surface area contributed by atoms with Crippen LogP contribution in [-0.4, -0.2) is 14.5 Å². The van der Waals surface area contributed by atoms with Crippen LogP contribution in [0.2, 0.25) is 0 Å². The van der Waals surface area contributed by atoms with Crippen molar-refractivity contribution in [2.45, 2.75) is 5.92 Å². The van der Waals surface area contributed by atoms with E-state index in [4.69, 9.17) is 9.97 Å². The van der Waals surface area contributed by atoms with Crippen LogP contribution in [0.1, 0.15) is 22.6 Å². The van der Waals surface area contributed by atoms with Crippen molar-refractivity contribution in [3.05, 3.63) is 223 Å². The summed E-state index contributed by atoms with van der Waals surface area (Å²) in [4.78, 5) is 10.6. The van der Waals surface area contributed by atoms with Gasteiger partial charge in [-0.25, -0.2) is 9.97 Å². The average Bonchev–Trinajstić information content (AvgIpc) is 4.00. The molecule has 3 aromatic heterocycles. The number of hydrogen-bond donors (Lipinski definition) is 0. The van der Waals surface area contributed by atoms with Crippen molar-refractivity contribution in [3.8, 4) is 50.6 Å². The minimum Gasteiger partial charge on any atom is -0.309 e. The van der Waals surface area contributed by atoms with Gasteiger partial charge in [-0.2, -0.15) is 0 Å². The lowest BCUT2D eigenvalue weighted by molar-refractivity contribution is 0.986. The SMILES string of the molecule is c1ccc(-c2ncc(C3c4ccc(-c5ccc6c(c5)c5ccccc5n6-c5ccccc5)cc4-c4c3c3sc5ccccc5c3c3ccccc43)c(-c3ccccc3)n2)cc1. The van der Waals surface area contributed by atoms with E-state index < -0.39 is 0 Å². The first-order valence-electron chi connectivity index (χ1n) is 20.9. The summed E-state index contributed by atoms with van der Waals surface area (Å²) in [5.41, 5.74) is 15.3. The van der Waals surface area contributed by atoms with Gasteiger partial charge < -0.3 is 4.57 Å². The quantitative estimate of drug-likeness (QED) is 0.174. The van der Waals surface area contributed by atoms with Crippen molar-refractivity contribution in [1.29, 1.82) is 0 Å². The van der Waals surface area contributed by atoms with Crippen molar-refractivity contribution in [3.63, 3.8) is 0 Å². The van der Waals surface area contributed by atoms with E-state index in [2.05, 4.69) is 205 Å². The Bertz CT molecular complexity index is 3700. The maximum Gasteiger partial charge on any atom is 0.159 e. The summed E-state index contributed by atoms with van der Waals surface area (Å²) in [7, 11) is 0. The van der Waals surface area contributed by atoms with Gasteiger partial charge in [0, 0.05) is 65.4 Å². The third-order valence-electron chi connectivity index (χ3n) is 12.7. The molecule has 0 amide bonds. The molecule has 0 fully saturated rings. The smallest absolute Gasteiger partial charge is 0.159 e. The first-order valence-corrected chi connectivity index (χ1v) is 21.7. The Balaban J connectivity index is 1.09. The van der Waals surface area contributed by atoms with Gasteiger partial charge >= 0.3 is 0 Å². The Morgan fingerprint density at radius 2 is 1.08 bits per heavy atom. The average molecular weight is 794 g/mol. The molecule has 1 atom stereocenters. The van der Waals surface area contributed by atoms with E-state index in [0.717, 1.165) is 33.9 Å². The van der Waals surface area contributed by atoms with E-state index in [0.29, 0.717) is 0 Å². The molecule has 3 nitrogen and oxygen atoms in total. The Hall–Kier alpha value is -7.66. The van der Waals surface area contributed by atoms with Crippen molar-refractivity contribution in [1.82, 2.24) is 14.5 Å². The van der Waals surface area contributed by atoms with Crippen molar-refractivity contribution >= 4 is 64.1 Å². The topological polar surface area (TPSA) is 30.7 Å². The number of benzene rings is 9. The van der Waals surface area contributed by atoms with Crippen molar-refractivity contribution in [2.75, 3.05) is 0 Å². The molecule has 9 aromatic carbocycles. The first-order chi connectivity index (χ1) is 30.3. The highest BCUT2D eigenvalue weighted by molar-refractivity contribution is 7.26. The highest BCUT2D eigenvalue weighted by Gasteiger charge is 2.37. The molecular weight excluding hydrogens is 759 g/mol. The summed E-state index contributed by atoms with van der Waals surface area (Å²) in [6.45, 7) is 0. The maximum atomic E-state index is 5.42. The standard InChI is InChI=1S/C57H35N3S/c1-4-16-35(17-5-1)55-47(34-58-57(59-55)36-18-6-2-7-19-36)52-43-30-28-37(38-29-31-49-45(32-38)40-22-12-14-26-48(40)60(49)39-20-8-3-9-21-39)33-46(43)51-41-23-10-11-24-42(41)53-44-25-13-15-27-50(44)61-56(53)54(51)52/h1-34,52H. The fourth-order valence-electron chi connectivity index (χ4n) is 10.1. The van der Waals surface area contributed by atoms with E-state index in [1.165, 1.54) is 86.1 Å². The molecular formula is C57H35N3S. The highest BCUT2D eigenvalue weighted by atomic mass is 32.1. The van der Waals surface area contributed by atoms with Gasteiger partial charge in [0.25, 0.3) is 0 Å². The number of thiophene rings is 1. The van der Waals surface area contributed by atoms with Gasteiger partial charge in [-0.15, -0.1) is 11.3 Å². The highest BCUT2D eigenvalue weighted by Crippen LogP contribution is 2.58. The van der Waals surface area contributed by atoms with Gasteiger partial charge in [-0.1, -0.05) is 158 Å². The van der Waals surface area contributed by atoms with E-state index in [1.807, 2.05) is 17.4 Å². The van der Waals surface area contributed by atoms with Crippen LogP contribution in [0.3, 0.4) is 0 Å². The molecule has 13 rings (SSSR count). The molecule has 0 aliphatic heterocycles. The van der Waals surface area contributed by atoms with Gasteiger partial charge in [-0.05, 0) is 86.6 Å². The minimum absolute atomic E-state index is 0.0921. The summed E-state index contributed by atoms with van der Waals surface area (Å²) in [6.07, 6.45) is 2.11. The van der Waals surface area contributed by atoms with Crippen LogP contribution >= 0.6 is 11.3 Å². The molecule has 0 radical (unpaired) electrons. The number of rotatable bonds is 5. The van der Waals surface area contributed by atoms with Crippen molar-refractivity contribution in [2.24, 2.45) is 0 Å². The van der Waals surface area contributed by atoms with Crippen LogP contribution < -0.4 is 0 Å². The lowest BCUT2D eigenvalue weighted by atomic mass is 9.85. The first kappa shape index (κ1) is 34.2. The molecule has 12 aromatic rings. The molecule has 0 spiro atoms. The van der Waals surface area contributed by atoms with Crippen LogP contribution in [0.4, 0.5) is 0 Å². The molecule has 284 valence electrons. The van der Waals surface area contributed by atoms with Crippen LogP contribution in [0.15, 0.2) is 206 Å². The Morgan fingerprint density at radius 3 is 1.89 bits per heavy atom. The predicted molar refractivity (Wildman–Crippen MR) is 256 cm³/mol. The third kappa shape index (κ3) is 5.16. The summed E-state index contributed by atoms with van der Waals surface area (Å²) >= 11 is 1.91. The summed E-state index contributed by atoms with van der Waals surface area (Å²) in [5, 5.41) is 7.70. The zero-order valence-corrected chi connectivity index (χ0v) is 33.8. The molecule has 0 N–H and O–H groups in total.